The van der Waals surface area contributed by atoms with Crippen molar-refractivity contribution in [2.24, 2.45) is 0 Å². The molecule has 0 spiro atoms. The van der Waals surface area contributed by atoms with Gasteiger partial charge in [0.1, 0.15) is 0 Å². The van der Waals surface area contributed by atoms with Crippen molar-refractivity contribution in [2.45, 2.75) is 18.3 Å². The molecular weight excluding hydrogens is 226 g/mol. The predicted octanol–water partition coefficient (Wildman–Crippen LogP) is 0.887. The minimum atomic E-state index is -0.294. The third-order valence-electron chi connectivity index (χ3n) is 4.11. The summed E-state index contributed by atoms with van der Waals surface area (Å²) in [4.78, 5) is 21.3. The lowest BCUT2D eigenvalue weighted by Crippen LogP contribution is -2.50. The minimum Gasteiger partial charge on any atom is -0.339 e. The first-order chi connectivity index (χ1) is 8.72. The zero-order valence-electron chi connectivity index (χ0n) is 10.8. The number of likely N-dealkylation sites (N-methyl/N-ethyl adjacent to an activating group) is 1. The van der Waals surface area contributed by atoms with Gasteiger partial charge in [-0.15, -0.1) is 0 Å². The molecule has 1 saturated carbocycles. The van der Waals surface area contributed by atoms with Crippen LogP contribution in [0.15, 0.2) is 24.4 Å². The summed E-state index contributed by atoms with van der Waals surface area (Å²) in [6, 6.07) is 5.86. The van der Waals surface area contributed by atoms with Gasteiger partial charge in [0, 0.05) is 32.4 Å². The molecule has 3 rings (SSSR count). The highest BCUT2D eigenvalue weighted by atomic mass is 16.2. The second-order valence-electron chi connectivity index (χ2n) is 5.39. The molecule has 0 radical (unpaired) electrons. The molecule has 1 amide bonds. The molecule has 4 heteroatoms. The molecule has 0 unspecified atom stereocenters. The molecule has 0 bridgehead atoms. The molecule has 1 aliphatic carbocycles. The third kappa shape index (κ3) is 1.90. The van der Waals surface area contributed by atoms with Crippen molar-refractivity contribution >= 4 is 5.91 Å². The van der Waals surface area contributed by atoms with Gasteiger partial charge in [-0.2, -0.15) is 0 Å². The van der Waals surface area contributed by atoms with Crippen LogP contribution in [-0.4, -0.2) is 53.9 Å². The number of carbonyl (C=O) groups is 1. The topological polar surface area (TPSA) is 36.4 Å². The second-order valence-corrected chi connectivity index (χ2v) is 5.39. The summed E-state index contributed by atoms with van der Waals surface area (Å²) < 4.78 is 0. The number of pyridine rings is 1. The number of carbonyl (C=O) groups excluding carboxylic acids is 1. The van der Waals surface area contributed by atoms with Crippen molar-refractivity contribution in [1.82, 2.24) is 14.8 Å². The van der Waals surface area contributed by atoms with Gasteiger partial charge in [-0.1, -0.05) is 6.07 Å². The van der Waals surface area contributed by atoms with Gasteiger partial charge in [-0.3, -0.25) is 9.78 Å². The van der Waals surface area contributed by atoms with Gasteiger partial charge >= 0.3 is 0 Å². The van der Waals surface area contributed by atoms with E-state index < -0.39 is 0 Å². The summed E-state index contributed by atoms with van der Waals surface area (Å²) in [5, 5.41) is 0. The van der Waals surface area contributed by atoms with Crippen molar-refractivity contribution in [3.63, 3.8) is 0 Å². The van der Waals surface area contributed by atoms with Crippen LogP contribution in [0.5, 0.6) is 0 Å². The zero-order chi connectivity index (χ0) is 12.6. The van der Waals surface area contributed by atoms with Crippen LogP contribution in [0, 0.1) is 0 Å². The van der Waals surface area contributed by atoms with Crippen LogP contribution in [-0.2, 0) is 10.2 Å². The fourth-order valence-electron chi connectivity index (χ4n) is 2.66. The maximum Gasteiger partial charge on any atom is 0.234 e. The van der Waals surface area contributed by atoms with Crippen LogP contribution in [0.2, 0.25) is 0 Å². The van der Waals surface area contributed by atoms with Crippen LogP contribution in [0.1, 0.15) is 18.5 Å². The number of piperazine rings is 1. The summed E-state index contributed by atoms with van der Waals surface area (Å²) >= 11 is 0. The molecule has 4 nitrogen and oxygen atoms in total. The molecule has 2 heterocycles. The van der Waals surface area contributed by atoms with E-state index in [4.69, 9.17) is 0 Å². The molecule has 18 heavy (non-hydrogen) atoms. The molecule has 96 valence electrons. The van der Waals surface area contributed by atoms with Crippen molar-refractivity contribution in [3.8, 4) is 0 Å². The maximum absolute atomic E-state index is 12.7. The Morgan fingerprint density at radius 2 is 1.94 bits per heavy atom. The van der Waals surface area contributed by atoms with E-state index in [9.17, 15) is 4.79 Å². The maximum atomic E-state index is 12.7. The minimum absolute atomic E-state index is 0.286. The van der Waals surface area contributed by atoms with Gasteiger partial charge < -0.3 is 9.80 Å². The van der Waals surface area contributed by atoms with Gasteiger partial charge in [0.05, 0.1) is 11.1 Å². The summed E-state index contributed by atoms with van der Waals surface area (Å²) in [6.45, 7) is 3.65. The van der Waals surface area contributed by atoms with Crippen LogP contribution in [0.3, 0.4) is 0 Å². The Balaban J connectivity index is 1.77. The highest BCUT2D eigenvalue weighted by Gasteiger charge is 2.54. The third-order valence-corrected chi connectivity index (χ3v) is 4.11. The molecule has 0 atom stereocenters. The van der Waals surface area contributed by atoms with E-state index in [1.54, 1.807) is 6.20 Å². The van der Waals surface area contributed by atoms with E-state index in [0.717, 1.165) is 44.7 Å². The Morgan fingerprint density at radius 3 is 2.50 bits per heavy atom. The number of hydrogen-bond acceptors (Lipinski definition) is 3. The molecule has 0 N–H and O–H groups in total. The SMILES string of the molecule is CN1CCN(C(=O)C2(c3ccccn3)CC2)CC1. The van der Waals surface area contributed by atoms with Crippen LogP contribution >= 0.6 is 0 Å². The second kappa shape index (κ2) is 4.35. The fourth-order valence-corrected chi connectivity index (χ4v) is 2.66. The van der Waals surface area contributed by atoms with E-state index in [0.29, 0.717) is 0 Å². The van der Waals surface area contributed by atoms with Crippen LogP contribution in [0.4, 0.5) is 0 Å². The van der Waals surface area contributed by atoms with Crippen molar-refractivity contribution < 1.29 is 4.79 Å². The quantitative estimate of drug-likeness (QED) is 0.776. The van der Waals surface area contributed by atoms with Crippen LogP contribution in [0.25, 0.3) is 0 Å². The highest BCUT2D eigenvalue weighted by molar-refractivity contribution is 5.90. The Bertz CT molecular complexity index is 434. The Kier molecular flexibility index (Phi) is 2.82. The van der Waals surface area contributed by atoms with E-state index in [2.05, 4.69) is 16.9 Å². The van der Waals surface area contributed by atoms with Gasteiger partial charge in [0.25, 0.3) is 0 Å². The summed E-state index contributed by atoms with van der Waals surface area (Å²) in [5.41, 5.74) is 0.658. The molecule has 1 aromatic rings. The summed E-state index contributed by atoms with van der Waals surface area (Å²) in [6.07, 6.45) is 3.69. The van der Waals surface area contributed by atoms with Gasteiger partial charge in [-0.25, -0.2) is 0 Å². The van der Waals surface area contributed by atoms with E-state index in [1.165, 1.54) is 0 Å². The first-order valence-electron chi connectivity index (χ1n) is 6.62. The highest BCUT2D eigenvalue weighted by Crippen LogP contribution is 2.48. The fraction of sp³-hybridized carbons (Fsp3) is 0.571. The monoisotopic (exact) mass is 245 g/mol. The predicted molar refractivity (Wildman–Crippen MR) is 69.2 cm³/mol. The van der Waals surface area contributed by atoms with Crippen LogP contribution < -0.4 is 0 Å². The largest absolute Gasteiger partial charge is 0.339 e. The lowest BCUT2D eigenvalue weighted by molar-refractivity contribution is -0.135. The number of nitrogens with zero attached hydrogens (tertiary/aromatic N) is 3. The van der Waals surface area contributed by atoms with Gasteiger partial charge in [-0.05, 0) is 32.0 Å². The molecular formula is C14H19N3O. The number of amides is 1. The average Bonchev–Trinajstić information content (AvgIpc) is 3.21. The lowest BCUT2D eigenvalue weighted by Gasteiger charge is -2.34. The molecule has 0 aromatic carbocycles. The number of rotatable bonds is 2. The van der Waals surface area contributed by atoms with E-state index >= 15 is 0 Å². The average molecular weight is 245 g/mol. The standard InChI is InChI=1S/C14H19N3O/c1-16-8-10-17(11-9-16)13(18)14(5-6-14)12-4-2-3-7-15-12/h2-4,7H,5-6,8-11H2,1H3. The summed E-state index contributed by atoms with van der Waals surface area (Å²) in [5.74, 6) is 0.286. The van der Waals surface area contributed by atoms with E-state index in [1.807, 2.05) is 23.1 Å². The summed E-state index contributed by atoms with van der Waals surface area (Å²) in [7, 11) is 2.10. The molecule has 2 fully saturated rings. The zero-order valence-corrected chi connectivity index (χ0v) is 10.8. The Hall–Kier alpha value is -1.42. The van der Waals surface area contributed by atoms with Crippen molar-refractivity contribution in [3.05, 3.63) is 30.1 Å². The first-order valence-corrected chi connectivity index (χ1v) is 6.62. The Morgan fingerprint density at radius 1 is 1.22 bits per heavy atom. The van der Waals surface area contributed by atoms with Gasteiger partial charge in [0.2, 0.25) is 5.91 Å². The van der Waals surface area contributed by atoms with Gasteiger partial charge in [0.15, 0.2) is 0 Å². The molecule has 1 aliphatic heterocycles. The molecule has 2 aliphatic rings. The Labute approximate surface area is 108 Å². The smallest absolute Gasteiger partial charge is 0.234 e. The molecule has 1 aromatic heterocycles. The van der Waals surface area contributed by atoms with Crippen molar-refractivity contribution in [1.29, 1.82) is 0 Å². The number of hydrogen-bond donors (Lipinski definition) is 0. The molecule has 1 saturated heterocycles. The first kappa shape index (κ1) is 11.7. The van der Waals surface area contributed by atoms with Crippen molar-refractivity contribution in [2.75, 3.05) is 33.2 Å². The normalized spacial score (nSPS) is 22.8. The number of aromatic nitrogens is 1. The van der Waals surface area contributed by atoms with E-state index in [-0.39, 0.29) is 11.3 Å². The lowest BCUT2D eigenvalue weighted by atomic mass is 9.99.